The fourth-order valence-corrected chi connectivity index (χ4v) is 3.96. The summed E-state index contributed by atoms with van der Waals surface area (Å²) >= 11 is 0. The van der Waals surface area contributed by atoms with Crippen molar-refractivity contribution in [2.24, 2.45) is 0 Å². The van der Waals surface area contributed by atoms with Gasteiger partial charge in [0.25, 0.3) is 0 Å². The van der Waals surface area contributed by atoms with Crippen LogP contribution in [-0.4, -0.2) is 51.2 Å². The van der Waals surface area contributed by atoms with Crippen molar-refractivity contribution in [1.82, 2.24) is 14.9 Å². The van der Waals surface area contributed by atoms with Crippen molar-refractivity contribution in [2.75, 3.05) is 25.9 Å². The van der Waals surface area contributed by atoms with Crippen molar-refractivity contribution in [3.05, 3.63) is 34.9 Å². The standard InChI is InChI=1S/C18H29N3O3S/c1-13-5-6-16(11-14(13)2)15(3)19-18(22)12-21-9-7-17(8-10-21)20-25(4,23)24/h5-6,11,15,17,20H,7-10,12H2,1-4H3,(H,19,22)/t15-/m0/s1. The molecule has 0 saturated carbocycles. The summed E-state index contributed by atoms with van der Waals surface area (Å²) in [6.45, 7) is 7.93. The highest BCUT2D eigenvalue weighted by atomic mass is 32.2. The third-order valence-corrected chi connectivity index (χ3v) is 5.51. The maximum Gasteiger partial charge on any atom is 0.234 e. The molecule has 1 fully saturated rings. The molecular weight excluding hydrogens is 338 g/mol. The second-order valence-corrected chi connectivity index (χ2v) is 8.85. The number of likely N-dealkylation sites (tertiary alicyclic amines) is 1. The van der Waals surface area contributed by atoms with E-state index in [2.05, 4.69) is 47.0 Å². The first-order valence-electron chi connectivity index (χ1n) is 8.70. The molecule has 1 aromatic carbocycles. The number of piperidine rings is 1. The quantitative estimate of drug-likeness (QED) is 0.799. The molecule has 1 amide bonds. The van der Waals surface area contributed by atoms with Gasteiger partial charge in [-0.3, -0.25) is 9.69 Å². The number of carbonyl (C=O) groups excluding carboxylic acids is 1. The van der Waals surface area contributed by atoms with Crippen LogP contribution in [0.15, 0.2) is 18.2 Å². The van der Waals surface area contributed by atoms with Crippen LogP contribution in [0.4, 0.5) is 0 Å². The van der Waals surface area contributed by atoms with E-state index < -0.39 is 10.0 Å². The third-order valence-electron chi connectivity index (χ3n) is 4.74. The summed E-state index contributed by atoms with van der Waals surface area (Å²) in [6.07, 6.45) is 2.64. The number of aryl methyl sites for hydroxylation is 2. The van der Waals surface area contributed by atoms with Gasteiger partial charge >= 0.3 is 0 Å². The van der Waals surface area contributed by atoms with Crippen molar-refractivity contribution in [3.63, 3.8) is 0 Å². The lowest BCUT2D eigenvalue weighted by Gasteiger charge is -2.31. The van der Waals surface area contributed by atoms with Crippen molar-refractivity contribution < 1.29 is 13.2 Å². The molecule has 0 unspecified atom stereocenters. The molecule has 2 rings (SSSR count). The zero-order chi connectivity index (χ0) is 18.6. The Labute approximate surface area is 151 Å². The van der Waals surface area contributed by atoms with Gasteiger partial charge in [0.1, 0.15) is 0 Å². The van der Waals surface area contributed by atoms with E-state index in [0.29, 0.717) is 6.54 Å². The molecule has 0 spiro atoms. The molecule has 0 aromatic heterocycles. The second-order valence-electron chi connectivity index (χ2n) is 7.07. The Kier molecular flexibility index (Phi) is 6.59. The number of hydrogen-bond donors (Lipinski definition) is 2. The van der Waals surface area contributed by atoms with E-state index in [1.807, 2.05) is 6.92 Å². The minimum Gasteiger partial charge on any atom is -0.348 e. The Morgan fingerprint density at radius 1 is 1.24 bits per heavy atom. The number of amides is 1. The number of rotatable bonds is 6. The lowest BCUT2D eigenvalue weighted by Crippen LogP contribution is -2.47. The van der Waals surface area contributed by atoms with Crippen LogP contribution in [0.25, 0.3) is 0 Å². The van der Waals surface area contributed by atoms with Crippen LogP contribution >= 0.6 is 0 Å². The van der Waals surface area contributed by atoms with Crippen LogP contribution in [0.5, 0.6) is 0 Å². The van der Waals surface area contributed by atoms with E-state index >= 15 is 0 Å². The van der Waals surface area contributed by atoms with Gasteiger partial charge in [0.15, 0.2) is 0 Å². The highest BCUT2D eigenvalue weighted by Crippen LogP contribution is 2.17. The molecule has 140 valence electrons. The predicted molar refractivity (Wildman–Crippen MR) is 99.9 cm³/mol. The van der Waals surface area contributed by atoms with Gasteiger partial charge in [-0.15, -0.1) is 0 Å². The van der Waals surface area contributed by atoms with E-state index in [4.69, 9.17) is 0 Å². The van der Waals surface area contributed by atoms with Gasteiger partial charge in [0.2, 0.25) is 15.9 Å². The van der Waals surface area contributed by atoms with Crippen LogP contribution in [0.1, 0.15) is 42.5 Å². The minimum atomic E-state index is -3.17. The highest BCUT2D eigenvalue weighted by molar-refractivity contribution is 7.88. The van der Waals surface area contributed by atoms with Crippen LogP contribution in [0.3, 0.4) is 0 Å². The number of sulfonamides is 1. The molecule has 7 heteroatoms. The Hall–Kier alpha value is -1.44. The van der Waals surface area contributed by atoms with Gasteiger partial charge in [0.05, 0.1) is 18.8 Å². The summed E-state index contributed by atoms with van der Waals surface area (Å²) in [4.78, 5) is 14.4. The molecule has 1 saturated heterocycles. The maximum absolute atomic E-state index is 12.3. The van der Waals surface area contributed by atoms with Gasteiger partial charge in [-0.2, -0.15) is 0 Å². The van der Waals surface area contributed by atoms with Crippen LogP contribution in [0.2, 0.25) is 0 Å². The fourth-order valence-electron chi connectivity index (χ4n) is 3.12. The van der Waals surface area contributed by atoms with Crippen molar-refractivity contribution >= 4 is 15.9 Å². The second kappa shape index (κ2) is 8.29. The maximum atomic E-state index is 12.3. The van der Waals surface area contributed by atoms with Crippen LogP contribution < -0.4 is 10.0 Å². The van der Waals surface area contributed by atoms with Crippen molar-refractivity contribution in [2.45, 2.75) is 45.7 Å². The van der Waals surface area contributed by atoms with Crippen molar-refractivity contribution in [3.8, 4) is 0 Å². The molecule has 0 aliphatic carbocycles. The lowest BCUT2D eigenvalue weighted by molar-refractivity contribution is -0.123. The lowest BCUT2D eigenvalue weighted by atomic mass is 10.0. The largest absolute Gasteiger partial charge is 0.348 e. The Morgan fingerprint density at radius 3 is 2.44 bits per heavy atom. The van der Waals surface area contributed by atoms with E-state index in [0.717, 1.165) is 31.5 Å². The van der Waals surface area contributed by atoms with Crippen LogP contribution in [0, 0.1) is 13.8 Å². The first-order valence-corrected chi connectivity index (χ1v) is 10.6. The average Bonchev–Trinajstić information content (AvgIpc) is 2.50. The molecule has 6 nitrogen and oxygen atoms in total. The fraction of sp³-hybridized carbons (Fsp3) is 0.611. The molecule has 1 heterocycles. The predicted octanol–water partition coefficient (Wildman–Crippen LogP) is 1.49. The summed E-state index contributed by atoms with van der Waals surface area (Å²) < 4.78 is 25.2. The van der Waals surface area contributed by atoms with Gasteiger partial charge in [-0.05, 0) is 50.3 Å². The molecule has 1 aliphatic heterocycles. The first-order chi connectivity index (χ1) is 11.6. The molecule has 1 atom stereocenters. The molecule has 1 aliphatic rings. The normalized spacial score (nSPS) is 18.1. The number of nitrogens with one attached hydrogen (secondary N) is 2. The highest BCUT2D eigenvalue weighted by Gasteiger charge is 2.23. The Balaban J connectivity index is 1.80. The van der Waals surface area contributed by atoms with Crippen molar-refractivity contribution in [1.29, 1.82) is 0 Å². The summed E-state index contributed by atoms with van der Waals surface area (Å²) in [5, 5.41) is 3.05. The Morgan fingerprint density at radius 2 is 1.88 bits per heavy atom. The summed E-state index contributed by atoms with van der Waals surface area (Å²) in [7, 11) is -3.17. The summed E-state index contributed by atoms with van der Waals surface area (Å²) in [5.74, 6) is 0.000232. The first kappa shape index (κ1) is 19.9. The van der Waals surface area contributed by atoms with E-state index in [-0.39, 0.29) is 18.0 Å². The number of hydrogen-bond acceptors (Lipinski definition) is 4. The number of carbonyl (C=O) groups is 1. The van der Waals surface area contributed by atoms with E-state index in [1.54, 1.807) is 0 Å². The SMILES string of the molecule is Cc1ccc([C@H](C)NC(=O)CN2CCC(NS(C)(=O)=O)CC2)cc1C. The Bertz CT molecular complexity index is 710. The monoisotopic (exact) mass is 367 g/mol. The van der Waals surface area contributed by atoms with E-state index in [1.165, 1.54) is 17.4 Å². The minimum absolute atomic E-state index is 0.000232. The molecule has 2 N–H and O–H groups in total. The number of nitrogens with zero attached hydrogens (tertiary/aromatic N) is 1. The third kappa shape index (κ3) is 6.41. The molecule has 0 bridgehead atoms. The van der Waals surface area contributed by atoms with E-state index in [9.17, 15) is 13.2 Å². The number of benzene rings is 1. The van der Waals surface area contributed by atoms with Gasteiger partial charge in [-0.25, -0.2) is 13.1 Å². The topological polar surface area (TPSA) is 78.5 Å². The van der Waals surface area contributed by atoms with Gasteiger partial charge < -0.3 is 5.32 Å². The molecular formula is C18H29N3O3S. The zero-order valence-electron chi connectivity index (χ0n) is 15.5. The van der Waals surface area contributed by atoms with Crippen LogP contribution in [-0.2, 0) is 14.8 Å². The van der Waals surface area contributed by atoms with Gasteiger partial charge in [-0.1, -0.05) is 18.2 Å². The average molecular weight is 368 g/mol. The smallest absolute Gasteiger partial charge is 0.234 e. The summed E-state index contributed by atoms with van der Waals surface area (Å²) in [5.41, 5.74) is 3.57. The molecule has 0 radical (unpaired) electrons. The molecule has 25 heavy (non-hydrogen) atoms. The van der Waals surface area contributed by atoms with Gasteiger partial charge in [0, 0.05) is 19.1 Å². The molecule has 1 aromatic rings. The summed E-state index contributed by atoms with van der Waals surface area (Å²) in [6, 6.07) is 6.19. The zero-order valence-corrected chi connectivity index (χ0v) is 16.3.